The molecule has 0 spiro atoms. The van der Waals surface area contributed by atoms with Crippen LogP contribution in [0, 0.1) is 5.41 Å². The maximum atomic E-state index is 8.20. The largest absolute Gasteiger partial charge is 0.495 e. The number of hydrogen-bond acceptors (Lipinski definition) is 5. The van der Waals surface area contributed by atoms with Crippen LogP contribution in [0.1, 0.15) is 11.3 Å². The highest BCUT2D eigenvalue weighted by Crippen LogP contribution is 2.28. The van der Waals surface area contributed by atoms with Crippen LogP contribution < -0.4 is 5.73 Å². The molecule has 0 bridgehead atoms. The second-order valence-electron chi connectivity index (χ2n) is 4.96. The lowest BCUT2D eigenvalue weighted by atomic mass is 9.95. The second-order valence-corrected chi connectivity index (χ2v) is 4.96. The Morgan fingerprint density at radius 3 is 2.61 bits per heavy atom. The molecule has 1 aromatic heterocycles. The van der Waals surface area contributed by atoms with Gasteiger partial charge in [-0.3, -0.25) is 0 Å². The first-order valence-corrected chi connectivity index (χ1v) is 7.10. The second kappa shape index (κ2) is 6.27. The van der Waals surface area contributed by atoms with Crippen molar-refractivity contribution in [1.82, 2.24) is 9.97 Å². The minimum atomic E-state index is 0.220. The average Bonchev–Trinajstić information content (AvgIpc) is 2.58. The fourth-order valence-electron chi connectivity index (χ4n) is 2.40. The third-order valence-corrected chi connectivity index (χ3v) is 3.47. The fraction of sp³-hybridized carbons (Fsp3) is 0.0556. The molecule has 1 aliphatic carbocycles. The van der Waals surface area contributed by atoms with E-state index in [1.54, 1.807) is 25.4 Å². The zero-order chi connectivity index (χ0) is 16.2. The molecule has 0 saturated heterocycles. The van der Waals surface area contributed by atoms with Crippen molar-refractivity contribution in [3.8, 4) is 0 Å². The first kappa shape index (κ1) is 14.7. The third-order valence-electron chi connectivity index (χ3n) is 3.47. The number of allylic oxidation sites excluding steroid dienone is 5. The van der Waals surface area contributed by atoms with E-state index in [2.05, 4.69) is 9.97 Å². The summed E-state index contributed by atoms with van der Waals surface area (Å²) in [6.07, 6.45) is 7.07. The lowest BCUT2D eigenvalue weighted by Gasteiger charge is -2.15. The van der Waals surface area contributed by atoms with Gasteiger partial charge in [-0.1, -0.05) is 36.4 Å². The van der Waals surface area contributed by atoms with Gasteiger partial charge >= 0.3 is 0 Å². The number of rotatable bonds is 3. The standard InChI is InChI=1S/C18H16N4O/c1-23-17(12-5-3-2-4-6-12)14-11-13(7-8-15(14)19)16-9-10-21-18(20)22-16/h2-11,19H,1H3,(H2,20,21,22)/b17-14-,19-15?. The topological polar surface area (TPSA) is 84.9 Å². The Balaban J connectivity index is 2.12. The quantitative estimate of drug-likeness (QED) is 0.853. The van der Waals surface area contributed by atoms with Gasteiger partial charge in [-0.15, -0.1) is 0 Å². The Kier molecular flexibility index (Phi) is 4.01. The SMILES string of the molecule is CO/C(=C1/C=C(c2ccnc(N)n2)C=CC1=N)c1ccccc1. The van der Waals surface area contributed by atoms with Gasteiger partial charge in [0.1, 0.15) is 5.76 Å². The molecule has 2 aromatic rings. The van der Waals surface area contributed by atoms with Gasteiger partial charge in [-0.2, -0.15) is 0 Å². The lowest BCUT2D eigenvalue weighted by molar-refractivity contribution is 0.369. The zero-order valence-electron chi connectivity index (χ0n) is 12.7. The summed E-state index contributed by atoms with van der Waals surface area (Å²) >= 11 is 0. The van der Waals surface area contributed by atoms with E-state index >= 15 is 0 Å². The molecule has 0 aliphatic heterocycles. The molecular weight excluding hydrogens is 288 g/mol. The van der Waals surface area contributed by atoms with Crippen LogP contribution in [-0.2, 0) is 4.74 Å². The van der Waals surface area contributed by atoms with Gasteiger partial charge in [-0.05, 0) is 18.2 Å². The van der Waals surface area contributed by atoms with E-state index in [9.17, 15) is 0 Å². The maximum absolute atomic E-state index is 8.20. The molecule has 0 unspecified atom stereocenters. The molecule has 0 radical (unpaired) electrons. The molecule has 1 aliphatic rings. The molecule has 0 amide bonds. The summed E-state index contributed by atoms with van der Waals surface area (Å²) in [5.74, 6) is 0.873. The van der Waals surface area contributed by atoms with E-state index in [1.807, 2.05) is 42.5 Å². The van der Waals surface area contributed by atoms with Gasteiger partial charge < -0.3 is 15.9 Å². The van der Waals surface area contributed by atoms with Crippen LogP contribution in [-0.4, -0.2) is 22.8 Å². The van der Waals surface area contributed by atoms with E-state index in [-0.39, 0.29) is 5.95 Å². The fourth-order valence-corrected chi connectivity index (χ4v) is 2.40. The highest BCUT2D eigenvalue weighted by molar-refractivity contribution is 6.16. The summed E-state index contributed by atoms with van der Waals surface area (Å²) in [6, 6.07) is 11.5. The van der Waals surface area contributed by atoms with Gasteiger partial charge in [0, 0.05) is 22.9 Å². The number of nitrogen functional groups attached to an aromatic ring is 1. The molecule has 0 atom stereocenters. The molecule has 5 nitrogen and oxygen atoms in total. The minimum Gasteiger partial charge on any atom is -0.495 e. The van der Waals surface area contributed by atoms with Crippen molar-refractivity contribution in [2.45, 2.75) is 0 Å². The van der Waals surface area contributed by atoms with E-state index in [1.165, 1.54) is 0 Å². The first-order valence-electron chi connectivity index (χ1n) is 7.10. The first-order chi connectivity index (χ1) is 11.2. The van der Waals surface area contributed by atoms with Crippen LogP contribution in [0.4, 0.5) is 5.95 Å². The summed E-state index contributed by atoms with van der Waals surface area (Å²) in [5, 5.41) is 8.20. The molecular formula is C18H16N4O. The Labute approximate surface area is 134 Å². The molecule has 3 rings (SSSR count). The number of aromatic nitrogens is 2. The van der Waals surface area contributed by atoms with Gasteiger partial charge in [0.05, 0.1) is 18.5 Å². The molecule has 1 aromatic carbocycles. The number of nitrogens with one attached hydrogen (secondary N) is 1. The summed E-state index contributed by atoms with van der Waals surface area (Å²) < 4.78 is 5.56. The highest BCUT2D eigenvalue weighted by atomic mass is 16.5. The average molecular weight is 304 g/mol. The Morgan fingerprint density at radius 1 is 1.13 bits per heavy atom. The number of hydrogen-bond donors (Lipinski definition) is 2. The summed E-state index contributed by atoms with van der Waals surface area (Å²) in [4.78, 5) is 8.13. The number of methoxy groups -OCH3 is 1. The number of benzene rings is 1. The summed E-state index contributed by atoms with van der Waals surface area (Å²) in [6.45, 7) is 0. The Morgan fingerprint density at radius 2 is 1.91 bits per heavy atom. The van der Waals surface area contributed by atoms with Gasteiger partial charge in [0.15, 0.2) is 0 Å². The van der Waals surface area contributed by atoms with Gasteiger partial charge in [0.25, 0.3) is 0 Å². The third kappa shape index (κ3) is 3.03. The maximum Gasteiger partial charge on any atom is 0.220 e. The number of anilines is 1. The van der Waals surface area contributed by atoms with E-state index in [4.69, 9.17) is 15.9 Å². The van der Waals surface area contributed by atoms with Crippen molar-refractivity contribution < 1.29 is 4.74 Å². The highest BCUT2D eigenvalue weighted by Gasteiger charge is 2.16. The van der Waals surface area contributed by atoms with Gasteiger partial charge in [0.2, 0.25) is 5.95 Å². The van der Waals surface area contributed by atoms with E-state index in [0.29, 0.717) is 22.7 Å². The predicted molar refractivity (Wildman–Crippen MR) is 91.7 cm³/mol. The molecule has 23 heavy (non-hydrogen) atoms. The molecule has 0 saturated carbocycles. The smallest absolute Gasteiger partial charge is 0.220 e. The Bertz CT molecular complexity index is 835. The molecule has 3 N–H and O–H groups in total. The van der Waals surface area contributed by atoms with E-state index in [0.717, 1.165) is 11.1 Å². The molecule has 0 fully saturated rings. The monoisotopic (exact) mass is 304 g/mol. The van der Waals surface area contributed by atoms with Crippen molar-refractivity contribution >= 4 is 23.0 Å². The normalized spacial score (nSPS) is 16.0. The molecule has 5 heteroatoms. The van der Waals surface area contributed by atoms with Crippen molar-refractivity contribution in [3.63, 3.8) is 0 Å². The minimum absolute atomic E-state index is 0.220. The van der Waals surface area contributed by atoms with Gasteiger partial charge in [-0.25, -0.2) is 9.97 Å². The zero-order valence-corrected chi connectivity index (χ0v) is 12.7. The number of nitrogens with zero attached hydrogens (tertiary/aromatic N) is 2. The van der Waals surface area contributed by atoms with Crippen LogP contribution in [0.25, 0.3) is 11.3 Å². The van der Waals surface area contributed by atoms with Crippen molar-refractivity contribution in [2.24, 2.45) is 0 Å². The summed E-state index contributed by atoms with van der Waals surface area (Å²) in [7, 11) is 1.61. The number of ether oxygens (including phenoxy) is 1. The summed E-state index contributed by atoms with van der Waals surface area (Å²) in [5.41, 5.74) is 9.23. The lowest BCUT2D eigenvalue weighted by Crippen LogP contribution is -2.07. The van der Waals surface area contributed by atoms with Crippen LogP contribution in [0.5, 0.6) is 0 Å². The van der Waals surface area contributed by atoms with Crippen LogP contribution in [0.3, 0.4) is 0 Å². The van der Waals surface area contributed by atoms with Crippen LogP contribution >= 0.6 is 0 Å². The predicted octanol–water partition coefficient (Wildman–Crippen LogP) is 3.09. The van der Waals surface area contributed by atoms with Crippen molar-refractivity contribution in [3.05, 3.63) is 77.7 Å². The van der Waals surface area contributed by atoms with Crippen molar-refractivity contribution in [1.29, 1.82) is 5.41 Å². The molecule has 114 valence electrons. The Hall–Kier alpha value is -3.21. The van der Waals surface area contributed by atoms with E-state index < -0.39 is 0 Å². The number of nitrogens with two attached hydrogens (primary N) is 1. The molecule has 1 heterocycles. The van der Waals surface area contributed by atoms with Crippen LogP contribution in [0.2, 0.25) is 0 Å². The van der Waals surface area contributed by atoms with Crippen molar-refractivity contribution in [2.75, 3.05) is 12.8 Å². The van der Waals surface area contributed by atoms with Crippen LogP contribution in [0.15, 0.2) is 66.4 Å².